The summed E-state index contributed by atoms with van der Waals surface area (Å²) >= 11 is 7.35. The number of para-hydroxylation sites is 1. The molecule has 1 N–H and O–H groups in total. The van der Waals surface area contributed by atoms with Gasteiger partial charge in [-0.1, -0.05) is 48.1 Å². The number of aromatic nitrogens is 2. The number of anilines is 1. The van der Waals surface area contributed by atoms with Crippen molar-refractivity contribution in [2.24, 2.45) is 0 Å². The van der Waals surface area contributed by atoms with E-state index in [0.29, 0.717) is 46.2 Å². The van der Waals surface area contributed by atoms with Crippen molar-refractivity contribution in [3.8, 4) is 23.3 Å². The summed E-state index contributed by atoms with van der Waals surface area (Å²) in [4.78, 5) is 12.5. The van der Waals surface area contributed by atoms with E-state index in [0.717, 1.165) is 11.4 Å². The first kappa shape index (κ1) is 25.0. The van der Waals surface area contributed by atoms with E-state index in [9.17, 15) is 10.1 Å². The maximum atomic E-state index is 12.5. The van der Waals surface area contributed by atoms with Crippen molar-refractivity contribution in [3.05, 3.63) is 63.6 Å². The van der Waals surface area contributed by atoms with Crippen molar-refractivity contribution in [2.45, 2.75) is 20.3 Å². The second-order valence-corrected chi connectivity index (χ2v) is 8.21. The SMILES string of the molecule is CCOc1cc(/C=C(/C#N)C(=O)Nc2nnc(CC)s2)ccc1OCCOc1ccccc1Cl. The van der Waals surface area contributed by atoms with E-state index >= 15 is 0 Å². The third kappa shape index (κ3) is 6.94. The molecular weight excluding hydrogens is 476 g/mol. The number of rotatable bonds is 11. The van der Waals surface area contributed by atoms with E-state index in [2.05, 4.69) is 15.5 Å². The molecule has 0 unspecified atom stereocenters. The number of hydrogen-bond donors (Lipinski definition) is 1. The fourth-order valence-electron chi connectivity index (χ4n) is 2.79. The van der Waals surface area contributed by atoms with Gasteiger partial charge in [0.2, 0.25) is 5.13 Å². The van der Waals surface area contributed by atoms with Gasteiger partial charge in [-0.2, -0.15) is 5.26 Å². The lowest BCUT2D eigenvalue weighted by atomic mass is 10.1. The third-order valence-electron chi connectivity index (χ3n) is 4.37. The van der Waals surface area contributed by atoms with Crippen LogP contribution in [-0.4, -0.2) is 35.9 Å². The van der Waals surface area contributed by atoms with Crippen molar-refractivity contribution in [2.75, 3.05) is 25.1 Å². The number of amides is 1. The lowest BCUT2D eigenvalue weighted by Crippen LogP contribution is -2.13. The minimum Gasteiger partial charge on any atom is -0.490 e. The molecule has 8 nitrogen and oxygen atoms in total. The molecule has 0 radical (unpaired) electrons. The number of aryl methyl sites for hydroxylation is 1. The van der Waals surface area contributed by atoms with Gasteiger partial charge in [0.25, 0.3) is 5.91 Å². The van der Waals surface area contributed by atoms with Crippen LogP contribution in [-0.2, 0) is 11.2 Å². The molecule has 0 atom stereocenters. The number of carbonyl (C=O) groups excluding carboxylic acids is 1. The Morgan fingerprint density at radius 3 is 2.53 bits per heavy atom. The monoisotopic (exact) mass is 498 g/mol. The summed E-state index contributed by atoms with van der Waals surface area (Å²) in [6.07, 6.45) is 2.19. The largest absolute Gasteiger partial charge is 0.490 e. The molecule has 1 aromatic heterocycles. The number of nitrogens with one attached hydrogen (secondary N) is 1. The Bertz CT molecular complexity index is 1210. The highest BCUT2D eigenvalue weighted by atomic mass is 35.5. The Morgan fingerprint density at radius 2 is 1.85 bits per heavy atom. The Kier molecular flexibility index (Phi) is 9.26. The molecule has 1 heterocycles. The molecule has 34 heavy (non-hydrogen) atoms. The number of benzene rings is 2. The number of ether oxygens (including phenoxy) is 3. The molecule has 0 aliphatic heterocycles. The fourth-order valence-corrected chi connectivity index (χ4v) is 3.66. The summed E-state index contributed by atoms with van der Waals surface area (Å²) in [5.41, 5.74) is 0.541. The van der Waals surface area contributed by atoms with Gasteiger partial charge in [0.05, 0.1) is 11.6 Å². The quantitative estimate of drug-likeness (QED) is 0.221. The summed E-state index contributed by atoms with van der Waals surface area (Å²) in [7, 11) is 0. The topological polar surface area (TPSA) is 106 Å². The van der Waals surface area contributed by atoms with Crippen molar-refractivity contribution in [1.82, 2.24) is 10.2 Å². The van der Waals surface area contributed by atoms with Crippen molar-refractivity contribution in [3.63, 3.8) is 0 Å². The van der Waals surface area contributed by atoms with Crippen molar-refractivity contribution in [1.29, 1.82) is 5.26 Å². The van der Waals surface area contributed by atoms with E-state index < -0.39 is 5.91 Å². The van der Waals surface area contributed by atoms with Crippen LogP contribution in [0.25, 0.3) is 6.08 Å². The van der Waals surface area contributed by atoms with E-state index in [1.165, 1.54) is 17.4 Å². The van der Waals surface area contributed by atoms with E-state index in [-0.39, 0.29) is 12.2 Å². The van der Waals surface area contributed by atoms with Crippen molar-refractivity contribution >= 4 is 40.1 Å². The first-order chi connectivity index (χ1) is 16.5. The first-order valence-electron chi connectivity index (χ1n) is 10.6. The lowest BCUT2D eigenvalue weighted by molar-refractivity contribution is -0.112. The van der Waals surface area contributed by atoms with Crippen LogP contribution in [0.1, 0.15) is 24.4 Å². The van der Waals surface area contributed by atoms with E-state index in [1.807, 2.05) is 32.0 Å². The maximum absolute atomic E-state index is 12.5. The van der Waals surface area contributed by atoms with Crippen LogP contribution < -0.4 is 19.5 Å². The van der Waals surface area contributed by atoms with Gasteiger partial charge < -0.3 is 14.2 Å². The van der Waals surface area contributed by atoms with Crippen LogP contribution in [0.4, 0.5) is 5.13 Å². The zero-order valence-corrected chi connectivity index (χ0v) is 20.3. The summed E-state index contributed by atoms with van der Waals surface area (Å²) in [6.45, 7) is 4.78. The normalized spacial score (nSPS) is 10.9. The summed E-state index contributed by atoms with van der Waals surface area (Å²) in [6, 6.07) is 14.3. The zero-order chi connectivity index (χ0) is 24.3. The lowest BCUT2D eigenvalue weighted by Gasteiger charge is -2.13. The molecule has 3 rings (SSSR count). The maximum Gasteiger partial charge on any atom is 0.268 e. The van der Waals surface area contributed by atoms with Gasteiger partial charge in [0.1, 0.15) is 35.6 Å². The highest BCUT2D eigenvalue weighted by Gasteiger charge is 2.14. The van der Waals surface area contributed by atoms with Gasteiger partial charge in [0, 0.05) is 0 Å². The fraction of sp³-hybridized carbons (Fsp3) is 0.250. The molecule has 0 aliphatic rings. The van der Waals surface area contributed by atoms with Gasteiger partial charge in [-0.25, -0.2) is 0 Å². The molecule has 0 bridgehead atoms. The second-order valence-electron chi connectivity index (χ2n) is 6.74. The standard InChI is InChI=1S/C24H23ClN4O4S/c1-3-22-28-29-24(34-22)27-23(30)17(15-26)13-16-9-10-20(21(14-16)31-4-2)33-12-11-32-19-8-6-5-7-18(19)25/h5-10,13-14H,3-4,11-12H2,1-2H3,(H,27,29,30)/b17-13-. The van der Waals surface area contributed by atoms with Crippen LogP contribution >= 0.6 is 22.9 Å². The Hall–Kier alpha value is -3.61. The molecule has 0 fully saturated rings. The van der Waals surface area contributed by atoms with Gasteiger partial charge in [-0.15, -0.1) is 10.2 Å². The molecule has 0 saturated heterocycles. The smallest absolute Gasteiger partial charge is 0.268 e. The van der Waals surface area contributed by atoms with E-state index in [1.54, 1.807) is 30.3 Å². The van der Waals surface area contributed by atoms with Crippen LogP contribution in [0.5, 0.6) is 17.2 Å². The molecule has 1 amide bonds. The van der Waals surface area contributed by atoms with Crippen LogP contribution in [0.3, 0.4) is 0 Å². The average Bonchev–Trinajstić information content (AvgIpc) is 3.30. The Labute approximate surface area is 206 Å². The van der Waals surface area contributed by atoms with Gasteiger partial charge in [-0.3, -0.25) is 10.1 Å². The number of halogens is 1. The highest BCUT2D eigenvalue weighted by molar-refractivity contribution is 7.15. The predicted octanol–water partition coefficient (Wildman–Crippen LogP) is 5.16. The molecule has 0 saturated carbocycles. The highest BCUT2D eigenvalue weighted by Crippen LogP contribution is 2.30. The Morgan fingerprint density at radius 1 is 1.09 bits per heavy atom. The van der Waals surface area contributed by atoms with Crippen molar-refractivity contribution < 1.29 is 19.0 Å². The third-order valence-corrected chi connectivity index (χ3v) is 5.66. The average molecular weight is 499 g/mol. The summed E-state index contributed by atoms with van der Waals surface area (Å²) in [5, 5.41) is 21.6. The molecule has 0 spiro atoms. The summed E-state index contributed by atoms with van der Waals surface area (Å²) in [5.74, 6) is 1.03. The summed E-state index contributed by atoms with van der Waals surface area (Å²) < 4.78 is 17.1. The van der Waals surface area contributed by atoms with Gasteiger partial charge in [0.15, 0.2) is 11.5 Å². The zero-order valence-electron chi connectivity index (χ0n) is 18.7. The number of nitrogens with zero attached hydrogens (tertiary/aromatic N) is 3. The molecule has 10 heteroatoms. The van der Waals surface area contributed by atoms with Gasteiger partial charge >= 0.3 is 0 Å². The Balaban J connectivity index is 1.66. The van der Waals surface area contributed by atoms with Crippen LogP contribution in [0, 0.1) is 11.3 Å². The van der Waals surface area contributed by atoms with Gasteiger partial charge in [-0.05, 0) is 49.2 Å². The number of carbonyl (C=O) groups is 1. The minimum atomic E-state index is -0.559. The number of nitriles is 1. The molecular formula is C24H23ClN4O4S. The van der Waals surface area contributed by atoms with Crippen LogP contribution in [0.15, 0.2) is 48.0 Å². The van der Waals surface area contributed by atoms with E-state index in [4.69, 9.17) is 25.8 Å². The molecule has 2 aromatic carbocycles. The minimum absolute atomic E-state index is 0.0718. The predicted molar refractivity (Wildman–Crippen MR) is 132 cm³/mol. The number of hydrogen-bond acceptors (Lipinski definition) is 8. The first-order valence-corrected chi connectivity index (χ1v) is 11.8. The second kappa shape index (κ2) is 12.6. The molecule has 3 aromatic rings. The molecule has 176 valence electrons. The molecule has 0 aliphatic carbocycles. The van der Waals surface area contributed by atoms with Crippen LogP contribution in [0.2, 0.25) is 5.02 Å².